The van der Waals surface area contributed by atoms with E-state index in [-0.39, 0.29) is 18.4 Å². The number of rotatable bonds is 6. The summed E-state index contributed by atoms with van der Waals surface area (Å²) in [6.07, 6.45) is 3.25. The van der Waals surface area contributed by atoms with Crippen LogP contribution in [0, 0.1) is 5.92 Å². The Morgan fingerprint density at radius 1 is 1.07 bits per heavy atom. The molecule has 154 valence electrons. The average Bonchev–Trinajstić information content (AvgIpc) is 2.73. The van der Waals surface area contributed by atoms with Crippen molar-refractivity contribution in [2.24, 2.45) is 5.92 Å². The van der Waals surface area contributed by atoms with Crippen LogP contribution in [0.15, 0.2) is 48.5 Å². The van der Waals surface area contributed by atoms with Gasteiger partial charge in [0, 0.05) is 37.1 Å². The highest BCUT2D eigenvalue weighted by Gasteiger charge is 2.19. The van der Waals surface area contributed by atoms with Crippen LogP contribution in [0.25, 0.3) is 0 Å². The van der Waals surface area contributed by atoms with Gasteiger partial charge in [-0.2, -0.15) is 0 Å². The maximum atomic E-state index is 12.6. The minimum Gasteiger partial charge on any atom is -0.372 e. The van der Waals surface area contributed by atoms with Crippen molar-refractivity contribution in [1.29, 1.82) is 0 Å². The van der Waals surface area contributed by atoms with Gasteiger partial charge in [0.05, 0.1) is 0 Å². The number of piperidine rings is 1. The molecule has 1 heterocycles. The number of para-hydroxylation sites is 1. The van der Waals surface area contributed by atoms with Gasteiger partial charge in [0.2, 0.25) is 11.8 Å². The quantitative estimate of drug-likeness (QED) is 0.787. The van der Waals surface area contributed by atoms with Gasteiger partial charge in [-0.25, -0.2) is 0 Å². The Bertz CT molecular complexity index is 839. The van der Waals surface area contributed by atoms with Crippen molar-refractivity contribution in [3.8, 4) is 0 Å². The lowest BCUT2D eigenvalue weighted by Gasteiger charge is -2.32. The zero-order chi connectivity index (χ0) is 20.8. The fourth-order valence-electron chi connectivity index (χ4n) is 3.81. The highest BCUT2D eigenvalue weighted by atomic mass is 16.2. The molecule has 0 atom stereocenters. The molecule has 0 aromatic heterocycles. The third-order valence-electron chi connectivity index (χ3n) is 5.64. The topological polar surface area (TPSA) is 52.7 Å². The molecule has 29 heavy (non-hydrogen) atoms. The fraction of sp³-hybridized carbons (Fsp3) is 0.417. The molecule has 0 spiro atoms. The molecule has 1 aliphatic heterocycles. The van der Waals surface area contributed by atoms with Crippen molar-refractivity contribution < 1.29 is 9.59 Å². The van der Waals surface area contributed by atoms with E-state index in [2.05, 4.69) is 29.3 Å². The van der Waals surface area contributed by atoms with Gasteiger partial charge in [-0.3, -0.25) is 9.59 Å². The normalized spacial score (nSPS) is 14.5. The first-order valence-electron chi connectivity index (χ1n) is 10.5. The van der Waals surface area contributed by atoms with Crippen molar-refractivity contribution in [1.82, 2.24) is 0 Å². The minimum atomic E-state index is -0.203. The maximum absolute atomic E-state index is 12.6. The van der Waals surface area contributed by atoms with Gasteiger partial charge in [-0.05, 0) is 61.1 Å². The Morgan fingerprint density at radius 3 is 2.34 bits per heavy atom. The molecule has 0 saturated carbocycles. The summed E-state index contributed by atoms with van der Waals surface area (Å²) >= 11 is 0. The van der Waals surface area contributed by atoms with Crippen LogP contribution in [0.2, 0.25) is 0 Å². The molecule has 0 unspecified atom stereocenters. The van der Waals surface area contributed by atoms with Gasteiger partial charge in [-0.15, -0.1) is 0 Å². The van der Waals surface area contributed by atoms with E-state index in [4.69, 9.17) is 0 Å². The number of hydrogen-bond acceptors (Lipinski definition) is 3. The van der Waals surface area contributed by atoms with Crippen LogP contribution in [-0.4, -0.2) is 31.4 Å². The molecule has 1 fully saturated rings. The zero-order valence-corrected chi connectivity index (χ0v) is 17.6. The molecule has 2 aromatic rings. The van der Waals surface area contributed by atoms with Crippen LogP contribution >= 0.6 is 0 Å². The van der Waals surface area contributed by atoms with Crippen LogP contribution in [0.1, 0.15) is 39.2 Å². The molecule has 1 aliphatic rings. The zero-order valence-electron chi connectivity index (χ0n) is 17.6. The van der Waals surface area contributed by atoms with Crippen molar-refractivity contribution in [2.45, 2.75) is 40.0 Å². The van der Waals surface area contributed by atoms with Crippen molar-refractivity contribution >= 4 is 28.9 Å². The molecule has 1 N–H and O–H groups in total. The Labute approximate surface area is 173 Å². The third kappa shape index (κ3) is 5.37. The SMILES string of the molecule is CCc1ccccc1N(CC(=O)Nc1ccc(N2CCC(C)CC2)cc1)C(C)=O. The van der Waals surface area contributed by atoms with Gasteiger partial charge in [0.1, 0.15) is 6.54 Å². The number of benzene rings is 2. The van der Waals surface area contributed by atoms with E-state index in [1.54, 1.807) is 0 Å². The van der Waals surface area contributed by atoms with E-state index < -0.39 is 0 Å². The molecule has 0 radical (unpaired) electrons. The van der Waals surface area contributed by atoms with Gasteiger partial charge in [0.25, 0.3) is 0 Å². The van der Waals surface area contributed by atoms with Crippen molar-refractivity contribution in [3.05, 3.63) is 54.1 Å². The summed E-state index contributed by atoms with van der Waals surface area (Å²) in [5.74, 6) is 0.452. The Hall–Kier alpha value is -2.82. The monoisotopic (exact) mass is 393 g/mol. The van der Waals surface area contributed by atoms with E-state index in [1.165, 1.54) is 30.4 Å². The molecule has 2 aromatic carbocycles. The van der Waals surface area contributed by atoms with Gasteiger partial charge in [0.15, 0.2) is 0 Å². The summed E-state index contributed by atoms with van der Waals surface area (Å²) in [5.41, 5.74) is 3.79. The summed E-state index contributed by atoms with van der Waals surface area (Å²) in [5, 5.41) is 2.92. The summed E-state index contributed by atoms with van der Waals surface area (Å²) in [6.45, 7) is 8.00. The second kappa shape index (κ2) is 9.59. The molecular formula is C24H31N3O2. The Morgan fingerprint density at radius 2 is 1.72 bits per heavy atom. The van der Waals surface area contributed by atoms with Crippen LogP contribution in [0.3, 0.4) is 0 Å². The highest BCUT2D eigenvalue weighted by Crippen LogP contribution is 2.25. The standard InChI is InChI=1S/C24H31N3O2/c1-4-20-7-5-6-8-23(20)27(19(3)28)17-24(29)25-21-9-11-22(12-10-21)26-15-13-18(2)14-16-26/h5-12,18H,4,13-17H2,1-3H3,(H,25,29). The number of amides is 2. The molecule has 0 bridgehead atoms. The molecule has 2 amide bonds. The van der Waals surface area contributed by atoms with Gasteiger partial charge < -0.3 is 15.1 Å². The number of anilines is 3. The molecule has 3 rings (SSSR count). The largest absolute Gasteiger partial charge is 0.372 e. The number of carbonyl (C=O) groups is 2. The fourth-order valence-corrected chi connectivity index (χ4v) is 3.81. The Balaban J connectivity index is 1.64. The number of nitrogens with zero attached hydrogens (tertiary/aromatic N) is 2. The predicted molar refractivity (Wildman–Crippen MR) is 120 cm³/mol. The lowest BCUT2D eigenvalue weighted by Crippen LogP contribution is -2.37. The Kier molecular flexibility index (Phi) is 6.91. The first-order valence-corrected chi connectivity index (χ1v) is 10.5. The smallest absolute Gasteiger partial charge is 0.244 e. The maximum Gasteiger partial charge on any atom is 0.244 e. The van der Waals surface area contributed by atoms with Crippen LogP contribution in [-0.2, 0) is 16.0 Å². The van der Waals surface area contributed by atoms with Crippen LogP contribution in [0.5, 0.6) is 0 Å². The molecular weight excluding hydrogens is 362 g/mol. The first-order chi connectivity index (χ1) is 14.0. The minimum absolute atomic E-state index is 0.00187. The second-order valence-electron chi connectivity index (χ2n) is 7.85. The molecule has 5 heteroatoms. The molecule has 1 saturated heterocycles. The van der Waals surface area contributed by atoms with Gasteiger partial charge in [-0.1, -0.05) is 32.0 Å². The lowest BCUT2D eigenvalue weighted by atomic mass is 9.99. The average molecular weight is 394 g/mol. The predicted octanol–water partition coefficient (Wildman–Crippen LogP) is 4.48. The van der Waals surface area contributed by atoms with E-state index in [9.17, 15) is 9.59 Å². The second-order valence-corrected chi connectivity index (χ2v) is 7.85. The molecule has 5 nitrogen and oxygen atoms in total. The summed E-state index contributed by atoms with van der Waals surface area (Å²) in [7, 11) is 0. The number of aryl methyl sites for hydroxylation is 1. The number of carbonyl (C=O) groups excluding carboxylic acids is 2. The summed E-state index contributed by atoms with van der Waals surface area (Å²) < 4.78 is 0. The van der Waals surface area contributed by atoms with E-state index in [0.717, 1.165) is 42.4 Å². The molecule has 0 aliphatic carbocycles. The van der Waals surface area contributed by atoms with E-state index in [0.29, 0.717) is 0 Å². The van der Waals surface area contributed by atoms with Crippen molar-refractivity contribution in [2.75, 3.05) is 34.8 Å². The van der Waals surface area contributed by atoms with E-state index in [1.807, 2.05) is 43.3 Å². The van der Waals surface area contributed by atoms with Crippen LogP contribution in [0.4, 0.5) is 17.1 Å². The first kappa shape index (κ1) is 20.9. The number of hydrogen-bond donors (Lipinski definition) is 1. The summed E-state index contributed by atoms with van der Waals surface area (Å²) in [6, 6.07) is 15.7. The lowest BCUT2D eigenvalue weighted by molar-refractivity contribution is -0.120. The van der Waals surface area contributed by atoms with Crippen molar-refractivity contribution in [3.63, 3.8) is 0 Å². The van der Waals surface area contributed by atoms with Crippen LogP contribution < -0.4 is 15.1 Å². The number of nitrogens with one attached hydrogen (secondary N) is 1. The van der Waals surface area contributed by atoms with E-state index >= 15 is 0 Å². The summed E-state index contributed by atoms with van der Waals surface area (Å²) in [4.78, 5) is 28.7. The third-order valence-corrected chi connectivity index (χ3v) is 5.64. The highest BCUT2D eigenvalue weighted by molar-refractivity contribution is 6.02. The van der Waals surface area contributed by atoms with Gasteiger partial charge >= 0.3 is 0 Å².